The molecule has 6 aliphatic carbocycles. The number of aromatic nitrogens is 2. The summed E-state index contributed by atoms with van der Waals surface area (Å²) in [5, 5.41) is 24.0. The Morgan fingerprint density at radius 2 is 1.91 bits per heavy atom. The highest BCUT2D eigenvalue weighted by Gasteiger charge is 2.65. The van der Waals surface area contributed by atoms with Crippen molar-refractivity contribution in [3.8, 4) is 6.07 Å². The van der Waals surface area contributed by atoms with Gasteiger partial charge in [0.2, 0.25) is 0 Å². The Bertz CT molecular complexity index is 954. The largest absolute Gasteiger partial charge is 0.390 e. The van der Waals surface area contributed by atoms with E-state index in [9.17, 15) is 9.90 Å². The minimum atomic E-state index is -0.460. The van der Waals surface area contributed by atoms with Gasteiger partial charge in [-0.2, -0.15) is 10.4 Å². The molecule has 0 radical (unpaired) electrons. The predicted molar refractivity (Wildman–Crippen MR) is 120 cm³/mol. The molecule has 8 atom stereocenters. The smallest absolute Gasteiger partial charge is 0.158 e. The Morgan fingerprint density at radius 1 is 1.12 bits per heavy atom. The van der Waals surface area contributed by atoms with Crippen LogP contribution in [0.1, 0.15) is 77.2 Å². The molecule has 0 spiro atoms. The van der Waals surface area contributed by atoms with Crippen LogP contribution in [0.5, 0.6) is 0 Å². The van der Waals surface area contributed by atoms with Crippen molar-refractivity contribution in [3.05, 3.63) is 18.0 Å². The molecule has 5 heteroatoms. The first-order valence-electron chi connectivity index (χ1n) is 13.0. The summed E-state index contributed by atoms with van der Waals surface area (Å²) in [6.07, 6.45) is 13.9. The number of nitrogens with zero attached hydrogens (tertiary/aromatic N) is 3. The summed E-state index contributed by atoms with van der Waals surface area (Å²) in [4.78, 5) is 13.6. The average Bonchev–Trinajstić information content (AvgIpc) is 3.17. The van der Waals surface area contributed by atoms with Crippen LogP contribution in [0.3, 0.4) is 0 Å². The van der Waals surface area contributed by atoms with Gasteiger partial charge in [-0.1, -0.05) is 6.92 Å². The third-order valence-corrected chi connectivity index (χ3v) is 10.9. The number of nitriles is 1. The summed E-state index contributed by atoms with van der Waals surface area (Å²) in [6, 6.07) is 2.12. The van der Waals surface area contributed by atoms with Gasteiger partial charge in [-0.05, 0) is 112 Å². The van der Waals surface area contributed by atoms with Crippen LogP contribution in [-0.2, 0) is 11.3 Å². The third kappa shape index (κ3) is 3.05. The molecule has 172 valence electrons. The van der Waals surface area contributed by atoms with E-state index in [2.05, 4.69) is 18.1 Å². The monoisotopic (exact) mass is 435 g/mol. The fourth-order valence-electron chi connectivity index (χ4n) is 9.82. The molecule has 2 bridgehead atoms. The molecule has 1 aromatic rings. The Labute approximate surface area is 191 Å². The summed E-state index contributed by atoms with van der Waals surface area (Å²) >= 11 is 0. The van der Waals surface area contributed by atoms with Crippen LogP contribution in [-0.4, -0.2) is 26.3 Å². The van der Waals surface area contributed by atoms with Gasteiger partial charge in [0, 0.05) is 12.1 Å². The van der Waals surface area contributed by atoms with Crippen molar-refractivity contribution in [2.75, 3.05) is 0 Å². The van der Waals surface area contributed by atoms with Gasteiger partial charge in [0.15, 0.2) is 5.78 Å². The second-order valence-electron chi connectivity index (χ2n) is 12.6. The zero-order valence-corrected chi connectivity index (χ0v) is 19.5. The second-order valence-corrected chi connectivity index (χ2v) is 12.6. The quantitative estimate of drug-likeness (QED) is 0.753. The number of fused-ring (bicyclic) bond motifs is 3. The maximum atomic E-state index is 13.6. The van der Waals surface area contributed by atoms with Gasteiger partial charge < -0.3 is 5.11 Å². The first kappa shape index (κ1) is 20.9. The lowest BCUT2D eigenvalue weighted by atomic mass is 9.36. The van der Waals surface area contributed by atoms with Crippen molar-refractivity contribution in [2.45, 2.75) is 83.8 Å². The molecule has 7 rings (SSSR count). The standard InChI is InChI=1S/C27H37N3O2/c1-26(32)7-5-20-17(11-26)3-4-22-21(20)6-8-27(2)24(22)18-9-19(10-18)25(27)23(31)15-30-14-16(12-28)13-29-30/h13-14,17-22,24-25,32H,3-11,15H2,1-2H3/t17-,18-,19-,20+,21-,22-,24+,25+,26-,27+/m1/s1. The molecule has 1 heterocycles. The van der Waals surface area contributed by atoms with Gasteiger partial charge in [0.25, 0.3) is 0 Å². The Hall–Kier alpha value is -1.67. The lowest BCUT2D eigenvalue weighted by Crippen LogP contribution is -2.63. The van der Waals surface area contributed by atoms with Crippen LogP contribution in [0.4, 0.5) is 0 Å². The molecule has 5 nitrogen and oxygen atoms in total. The van der Waals surface area contributed by atoms with Gasteiger partial charge in [-0.15, -0.1) is 0 Å². The molecule has 0 aromatic carbocycles. The minimum Gasteiger partial charge on any atom is -0.390 e. The van der Waals surface area contributed by atoms with Crippen LogP contribution in [0.15, 0.2) is 12.4 Å². The lowest BCUT2D eigenvalue weighted by molar-refractivity contribution is -0.201. The van der Waals surface area contributed by atoms with Crippen LogP contribution in [0, 0.1) is 64.1 Å². The minimum absolute atomic E-state index is 0.127. The zero-order valence-electron chi connectivity index (χ0n) is 19.5. The van der Waals surface area contributed by atoms with E-state index in [1.165, 1.54) is 44.9 Å². The maximum Gasteiger partial charge on any atom is 0.158 e. The highest BCUT2D eigenvalue weighted by Crippen LogP contribution is 2.70. The Kier molecular flexibility index (Phi) is 4.68. The van der Waals surface area contributed by atoms with Gasteiger partial charge in [0.1, 0.15) is 6.07 Å². The van der Waals surface area contributed by atoms with Crippen molar-refractivity contribution < 1.29 is 9.90 Å². The molecule has 0 amide bonds. The van der Waals surface area contributed by atoms with E-state index in [0.717, 1.165) is 36.5 Å². The summed E-state index contributed by atoms with van der Waals surface area (Å²) < 4.78 is 1.68. The van der Waals surface area contributed by atoms with Gasteiger partial charge in [0.05, 0.1) is 23.9 Å². The molecule has 6 fully saturated rings. The zero-order chi connectivity index (χ0) is 22.3. The Balaban J connectivity index is 1.24. The number of hydrogen-bond donors (Lipinski definition) is 1. The Morgan fingerprint density at radius 3 is 2.66 bits per heavy atom. The molecule has 6 saturated carbocycles. The first-order chi connectivity index (χ1) is 15.3. The van der Waals surface area contributed by atoms with Crippen LogP contribution in [0.25, 0.3) is 0 Å². The first-order valence-corrected chi connectivity index (χ1v) is 13.0. The molecule has 1 N–H and O–H groups in total. The third-order valence-electron chi connectivity index (χ3n) is 10.9. The summed E-state index contributed by atoms with van der Waals surface area (Å²) in [6.45, 7) is 4.80. The molecular formula is C27H37N3O2. The average molecular weight is 436 g/mol. The van der Waals surface area contributed by atoms with Crippen molar-refractivity contribution in [1.82, 2.24) is 9.78 Å². The number of hydrogen-bond acceptors (Lipinski definition) is 4. The van der Waals surface area contributed by atoms with E-state index < -0.39 is 5.60 Å². The van der Waals surface area contributed by atoms with E-state index in [1.807, 2.05) is 6.92 Å². The number of rotatable bonds is 3. The number of ketones is 1. The van der Waals surface area contributed by atoms with Crippen LogP contribution < -0.4 is 0 Å². The van der Waals surface area contributed by atoms with Crippen LogP contribution in [0.2, 0.25) is 0 Å². The topological polar surface area (TPSA) is 78.9 Å². The van der Waals surface area contributed by atoms with E-state index >= 15 is 0 Å². The fourth-order valence-corrected chi connectivity index (χ4v) is 9.82. The highest BCUT2D eigenvalue weighted by atomic mass is 16.3. The van der Waals surface area contributed by atoms with Gasteiger partial charge in [-0.3, -0.25) is 9.48 Å². The van der Waals surface area contributed by atoms with Crippen LogP contribution >= 0.6 is 0 Å². The highest BCUT2D eigenvalue weighted by molar-refractivity contribution is 5.82. The van der Waals surface area contributed by atoms with Crippen molar-refractivity contribution >= 4 is 5.78 Å². The predicted octanol–water partition coefficient (Wildman–Crippen LogP) is 4.59. The van der Waals surface area contributed by atoms with E-state index in [-0.39, 0.29) is 11.3 Å². The molecule has 0 aliphatic heterocycles. The van der Waals surface area contributed by atoms with Crippen molar-refractivity contribution in [3.63, 3.8) is 0 Å². The molecule has 1 aromatic heterocycles. The molecule has 0 saturated heterocycles. The van der Waals surface area contributed by atoms with E-state index in [1.54, 1.807) is 17.1 Å². The second kappa shape index (κ2) is 7.16. The van der Waals surface area contributed by atoms with Crippen molar-refractivity contribution in [1.29, 1.82) is 5.26 Å². The molecule has 0 unspecified atom stereocenters. The van der Waals surface area contributed by atoms with Gasteiger partial charge >= 0.3 is 0 Å². The van der Waals surface area contributed by atoms with Gasteiger partial charge in [-0.25, -0.2) is 0 Å². The molecule has 6 aliphatic rings. The fraction of sp³-hybridized carbons (Fsp3) is 0.815. The number of carbonyl (C=O) groups excluding carboxylic acids is 1. The molecular weight excluding hydrogens is 398 g/mol. The summed E-state index contributed by atoms with van der Waals surface area (Å²) in [5.41, 5.74) is 0.193. The molecule has 32 heavy (non-hydrogen) atoms. The number of aliphatic hydroxyl groups is 1. The SMILES string of the molecule is C[C@@]1(O)CC[C@H]2[C@H](CC[C@@H]3[C@@H]2CC[C@@]2(C)[C@H]3[C@H]3C[C@@H](C3)[C@H]2C(=O)Cn2cc(C#N)cn2)C1. The normalized spacial score (nSPS) is 49.1. The van der Waals surface area contributed by atoms with Crippen molar-refractivity contribution in [2.24, 2.45) is 52.8 Å². The summed E-state index contributed by atoms with van der Waals surface area (Å²) in [7, 11) is 0. The van der Waals surface area contributed by atoms with E-state index in [4.69, 9.17) is 5.26 Å². The lowest BCUT2D eigenvalue weighted by Gasteiger charge is -2.68. The maximum absolute atomic E-state index is 13.6. The summed E-state index contributed by atoms with van der Waals surface area (Å²) in [5.74, 6) is 5.63. The number of Topliss-reactive ketones (excluding diaryl/α,β-unsaturated/α-hetero) is 1. The number of carbonyl (C=O) groups is 1. The van der Waals surface area contributed by atoms with E-state index in [0.29, 0.717) is 35.6 Å².